The van der Waals surface area contributed by atoms with E-state index in [0.717, 1.165) is 11.1 Å². The van der Waals surface area contributed by atoms with Crippen LogP contribution in [0.3, 0.4) is 0 Å². The van der Waals surface area contributed by atoms with Gasteiger partial charge in [0.25, 0.3) is 0 Å². The topological polar surface area (TPSA) is 12.0 Å². The number of aryl methyl sites for hydroxylation is 1. The molecule has 0 fully saturated rings. The number of halogens is 4. The van der Waals surface area contributed by atoms with E-state index in [1.807, 2.05) is 6.92 Å². The quantitative estimate of drug-likeness (QED) is 0.851. The van der Waals surface area contributed by atoms with E-state index >= 15 is 0 Å². The van der Waals surface area contributed by atoms with Gasteiger partial charge >= 0.3 is 6.18 Å². The molecule has 5 heteroatoms. The third kappa shape index (κ3) is 4.53. The lowest BCUT2D eigenvalue weighted by Crippen LogP contribution is -2.28. The second-order valence-electron chi connectivity index (χ2n) is 3.29. The van der Waals surface area contributed by atoms with Crippen molar-refractivity contribution in [3.8, 4) is 0 Å². The summed E-state index contributed by atoms with van der Waals surface area (Å²) in [6, 6.07) is 5.16. The van der Waals surface area contributed by atoms with Gasteiger partial charge in [0.15, 0.2) is 0 Å². The van der Waals surface area contributed by atoms with Gasteiger partial charge in [-0.15, -0.1) is 0 Å². The van der Waals surface area contributed by atoms with Crippen LogP contribution in [0.4, 0.5) is 13.2 Å². The minimum atomic E-state index is -4.17. The summed E-state index contributed by atoms with van der Waals surface area (Å²) in [6.07, 6.45) is -4.17. The largest absolute Gasteiger partial charge is 0.401 e. The Morgan fingerprint density at radius 2 is 2.00 bits per heavy atom. The van der Waals surface area contributed by atoms with Gasteiger partial charge in [-0.3, -0.25) is 0 Å². The van der Waals surface area contributed by atoms with Crippen molar-refractivity contribution in [2.75, 3.05) is 6.54 Å². The summed E-state index contributed by atoms with van der Waals surface area (Å²) in [5.74, 6) is 0. The van der Waals surface area contributed by atoms with Crippen LogP contribution < -0.4 is 5.32 Å². The van der Waals surface area contributed by atoms with E-state index in [0.29, 0.717) is 5.02 Å². The molecule has 0 bridgehead atoms. The van der Waals surface area contributed by atoms with Gasteiger partial charge in [-0.2, -0.15) is 13.2 Å². The lowest BCUT2D eigenvalue weighted by atomic mass is 10.1. The first kappa shape index (κ1) is 12.3. The fourth-order valence-electron chi connectivity index (χ4n) is 1.17. The molecule has 0 radical (unpaired) electrons. The van der Waals surface area contributed by atoms with Gasteiger partial charge in [-0.25, -0.2) is 0 Å². The monoisotopic (exact) mass is 237 g/mol. The van der Waals surface area contributed by atoms with Crippen LogP contribution in [0.5, 0.6) is 0 Å². The zero-order chi connectivity index (χ0) is 11.5. The van der Waals surface area contributed by atoms with Crippen LogP contribution in [0.1, 0.15) is 11.1 Å². The Kier molecular flexibility index (Phi) is 3.99. The molecule has 84 valence electrons. The van der Waals surface area contributed by atoms with Crippen molar-refractivity contribution in [1.82, 2.24) is 5.32 Å². The highest BCUT2D eigenvalue weighted by molar-refractivity contribution is 6.30. The highest BCUT2D eigenvalue weighted by Crippen LogP contribution is 2.16. The molecule has 0 heterocycles. The maximum absolute atomic E-state index is 11.8. The SMILES string of the molecule is Cc1ccc(Cl)cc1CNCC(F)(F)F. The molecule has 0 aliphatic carbocycles. The van der Waals surface area contributed by atoms with Gasteiger partial charge in [0, 0.05) is 11.6 Å². The molecule has 0 unspecified atom stereocenters. The molecule has 0 aromatic heterocycles. The van der Waals surface area contributed by atoms with Crippen LogP contribution in [0, 0.1) is 6.92 Å². The number of hydrogen-bond acceptors (Lipinski definition) is 1. The van der Waals surface area contributed by atoms with E-state index in [9.17, 15) is 13.2 Å². The predicted octanol–water partition coefficient (Wildman–Crippen LogP) is 3.30. The molecule has 0 saturated heterocycles. The van der Waals surface area contributed by atoms with Gasteiger partial charge in [0.2, 0.25) is 0 Å². The predicted molar refractivity (Wildman–Crippen MR) is 54.0 cm³/mol. The van der Waals surface area contributed by atoms with Crippen molar-refractivity contribution < 1.29 is 13.2 Å². The van der Waals surface area contributed by atoms with Crippen LogP contribution in [0.15, 0.2) is 18.2 Å². The summed E-state index contributed by atoms with van der Waals surface area (Å²) in [6.45, 7) is 1.02. The van der Waals surface area contributed by atoms with E-state index in [1.54, 1.807) is 18.2 Å². The third-order valence-corrected chi connectivity index (χ3v) is 2.19. The van der Waals surface area contributed by atoms with Crippen molar-refractivity contribution in [1.29, 1.82) is 0 Å². The summed E-state index contributed by atoms with van der Waals surface area (Å²) in [7, 11) is 0. The average molecular weight is 238 g/mol. The van der Waals surface area contributed by atoms with Gasteiger partial charge in [-0.1, -0.05) is 17.7 Å². The van der Waals surface area contributed by atoms with Gasteiger partial charge in [0.05, 0.1) is 6.54 Å². The molecule has 0 aliphatic rings. The van der Waals surface area contributed by atoms with E-state index in [1.165, 1.54) is 0 Å². The van der Waals surface area contributed by atoms with Crippen LogP contribution in [-0.4, -0.2) is 12.7 Å². The number of benzene rings is 1. The molecule has 1 N–H and O–H groups in total. The molecule has 0 atom stereocenters. The van der Waals surface area contributed by atoms with Crippen LogP contribution in [0.25, 0.3) is 0 Å². The van der Waals surface area contributed by atoms with E-state index in [-0.39, 0.29) is 6.54 Å². The van der Waals surface area contributed by atoms with E-state index in [4.69, 9.17) is 11.6 Å². The van der Waals surface area contributed by atoms with Gasteiger partial charge in [-0.05, 0) is 30.2 Å². The summed E-state index contributed by atoms with van der Waals surface area (Å²) in [5.41, 5.74) is 1.71. The van der Waals surface area contributed by atoms with Crippen molar-refractivity contribution in [2.45, 2.75) is 19.6 Å². The molecule has 15 heavy (non-hydrogen) atoms. The van der Waals surface area contributed by atoms with Crippen molar-refractivity contribution >= 4 is 11.6 Å². The smallest absolute Gasteiger partial charge is 0.305 e. The second-order valence-corrected chi connectivity index (χ2v) is 3.73. The first-order valence-corrected chi connectivity index (χ1v) is 4.79. The number of rotatable bonds is 3. The van der Waals surface area contributed by atoms with Crippen LogP contribution in [-0.2, 0) is 6.54 Å². The number of nitrogens with one attached hydrogen (secondary N) is 1. The Morgan fingerprint density at radius 3 is 2.60 bits per heavy atom. The molecule has 1 rings (SSSR count). The average Bonchev–Trinajstić information content (AvgIpc) is 2.09. The minimum absolute atomic E-state index is 0.173. The first-order valence-electron chi connectivity index (χ1n) is 4.41. The Morgan fingerprint density at radius 1 is 1.33 bits per heavy atom. The second kappa shape index (κ2) is 4.86. The van der Waals surface area contributed by atoms with Gasteiger partial charge in [0.1, 0.15) is 0 Å². The number of hydrogen-bond donors (Lipinski definition) is 1. The normalized spacial score (nSPS) is 11.8. The Hall–Kier alpha value is -0.740. The Bertz CT molecular complexity index is 336. The standard InChI is InChI=1S/C10H11ClF3N/c1-7-2-3-9(11)4-8(7)5-15-6-10(12,13)14/h2-4,15H,5-6H2,1H3. The molecular weight excluding hydrogens is 227 g/mol. The maximum Gasteiger partial charge on any atom is 0.401 e. The maximum atomic E-state index is 11.8. The highest BCUT2D eigenvalue weighted by atomic mass is 35.5. The van der Waals surface area contributed by atoms with Gasteiger partial charge < -0.3 is 5.32 Å². The highest BCUT2D eigenvalue weighted by Gasteiger charge is 2.26. The molecular formula is C10H11ClF3N. The fraction of sp³-hybridized carbons (Fsp3) is 0.400. The Balaban J connectivity index is 2.54. The summed E-state index contributed by atoms with van der Waals surface area (Å²) >= 11 is 5.74. The first-order chi connectivity index (χ1) is 6.88. The lowest BCUT2D eigenvalue weighted by Gasteiger charge is -2.10. The molecule has 0 spiro atoms. The zero-order valence-electron chi connectivity index (χ0n) is 8.16. The molecule has 0 aliphatic heterocycles. The van der Waals surface area contributed by atoms with Crippen molar-refractivity contribution in [3.63, 3.8) is 0 Å². The molecule has 1 aromatic carbocycles. The lowest BCUT2D eigenvalue weighted by molar-refractivity contribution is -0.125. The van der Waals surface area contributed by atoms with Crippen LogP contribution in [0.2, 0.25) is 5.02 Å². The molecule has 0 amide bonds. The summed E-state index contributed by atoms with van der Waals surface area (Å²) in [4.78, 5) is 0. The van der Waals surface area contributed by atoms with Crippen molar-refractivity contribution in [3.05, 3.63) is 34.3 Å². The Labute approximate surface area is 91.2 Å². The van der Waals surface area contributed by atoms with E-state index < -0.39 is 12.7 Å². The van der Waals surface area contributed by atoms with E-state index in [2.05, 4.69) is 5.32 Å². The zero-order valence-corrected chi connectivity index (χ0v) is 8.91. The minimum Gasteiger partial charge on any atom is -0.305 e. The summed E-state index contributed by atoms with van der Waals surface area (Å²) in [5, 5.41) is 2.86. The van der Waals surface area contributed by atoms with Crippen molar-refractivity contribution in [2.24, 2.45) is 0 Å². The number of alkyl halides is 3. The molecule has 0 saturated carbocycles. The fourth-order valence-corrected chi connectivity index (χ4v) is 1.36. The molecule has 1 aromatic rings. The third-order valence-electron chi connectivity index (χ3n) is 1.95. The summed E-state index contributed by atoms with van der Waals surface area (Å²) < 4.78 is 35.5. The van der Waals surface area contributed by atoms with Crippen LogP contribution >= 0.6 is 11.6 Å². The molecule has 1 nitrogen and oxygen atoms in total.